The number of nitrogens with zero attached hydrogens (tertiary/aromatic N) is 2. The molecule has 2 fully saturated rings. The minimum absolute atomic E-state index is 0.334. The molecule has 0 radical (unpaired) electrons. The lowest BCUT2D eigenvalue weighted by Crippen LogP contribution is -2.52. The van der Waals surface area contributed by atoms with Crippen LogP contribution in [0.1, 0.15) is 67.2 Å². The van der Waals surface area contributed by atoms with Crippen LogP contribution in [0.2, 0.25) is 0 Å². The highest BCUT2D eigenvalue weighted by Gasteiger charge is 2.36. The van der Waals surface area contributed by atoms with Gasteiger partial charge >= 0.3 is 0 Å². The lowest BCUT2D eigenvalue weighted by atomic mass is 9.86. The minimum Gasteiger partial charge on any atom is -0.365 e. The molecule has 0 spiro atoms. The number of thioether (sulfide) groups is 1. The summed E-state index contributed by atoms with van der Waals surface area (Å²) in [5.74, 6) is 2.03. The third-order valence-electron chi connectivity index (χ3n) is 5.83. The highest BCUT2D eigenvalue weighted by Crippen LogP contribution is 2.33. The molecule has 2 rings (SSSR count). The molecule has 0 aromatic heterocycles. The number of rotatable bonds is 8. The van der Waals surface area contributed by atoms with Crippen molar-refractivity contribution in [3.8, 4) is 0 Å². The zero-order valence-corrected chi connectivity index (χ0v) is 17.7. The maximum Gasteiger partial charge on any atom is 0.100 e. The lowest BCUT2D eigenvalue weighted by Gasteiger charge is -2.46. The average molecular weight is 357 g/mol. The fourth-order valence-electron chi connectivity index (χ4n) is 4.15. The van der Waals surface area contributed by atoms with Crippen molar-refractivity contribution in [3.63, 3.8) is 0 Å². The minimum atomic E-state index is 0.334. The summed E-state index contributed by atoms with van der Waals surface area (Å²) in [7, 11) is 0. The van der Waals surface area contributed by atoms with Gasteiger partial charge in [0.05, 0.1) is 6.10 Å². The highest BCUT2D eigenvalue weighted by molar-refractivity contribution is 7.99. The van der Waals surface area contributed by atoms with Crippen LogP contribution in [0.25, 0.3) is 0 Å². The molecule has 0 aromatic rings. The molecule has 0 aromatic carbocycles. The van der Waals surface area contributed by atoms with E-state index >= 15 is 0 Å². The van der Waals surface area contributed by atoms with Crippen molar-refractivity contribution < 1.29 is 4.74 Å². The van der Waals surface area contributed by atoms with Crippen molar-refractivity contribution in [2.24, 2.45) is 5.92 Å². The Morgan fingerprint density at radius 3 is 2.29 bits per heavy atom. The van der Waals surface area contributed by atoms with Gasteiger partial charge in [0, 0.05) is 18.1 Å². The van der Waals surface area contributed by atoms with Gasteiger partial charge in [-0.1, -0.05) is 13.8 Å². The van der Waals surface area contributed by atoms with Crippen LogP contribution in [-0.2, 0) is 4.74 Å². The Hall–Kier alpha value is 0.230. The monoisotopic (exact) mass is 356 g/mol. The Balaban J connectivity index is 1.69. The first-order valence-electron chi connectivity index (χ1n) is 10.1. The molecule has 4 heteroatoms. The van der Waals surface area contributed by atoms with Gasteiger partial charge in [-0.3, -0.25) is 4.90 Å². The number of hydrogen-bond donors (Lipinski definition) is 0. The summed E-state index contributed by atoms with van der Waals surface area (Å²) in [5, 5.41) is 0. The van der Waals surface area contributed by atoms with Gasteiger partial charge in [0.25, 0.3) is 0 Å². The van der Waals surface area contributed by atoms with E-state index in [1.54, 1.807) is 0 Å². The van der Waals surface area contributed by atoms with Crippen LogP contribution in [0.4, 0.5) is 0 Å². The number of ether oxygens (including phenoxy) is 1. The molecular formula is C20H40N2OS. The van der Waals surface area contributed by atoms with Gasteiger partial charge in [-0.2, -0.15) is 0 Å². The van der Waals surface area contributed by atoms with Crippen LogP contribution < -0.4 is 0 Å². The number of likely N-dealkylation sites (tertiary alicyclic amines) is 1. The largest absolute Gasteiger partial charge is 0.365 e. The third kappa shape index (κ3) is 5.89. The van der Waals surface area contributed by atoms with E-state index < -0.39 is 0 Å². The van der Waals surface area contributed by atoms with E-state index in [1.807, 2.05) is 11.8 Å². The maximum absolute atomic E-state index is 6.12. The molecule has 24 heavy (non-hydrogen) atoms. The van der Waals surface area contributed by atoms with Gasteiger partial charge < -0.3 is 9.64 Å². The first kappa shape index (κ1) is 20.5. The van der Waals surface area contributed by atoms with Crippen molar-refractivity contribution in [1.29, 1.82) is 0 Å². The highest BCUT2D eigenvalue weighted by atomic mass is 32.2. The molecule has 1 atom stereocenters. The zero-order chi connectivity index (χ0) is 17.7. The molecule has 1 unspecified atom stereocenters. The first-order chi connectivity index (χ1) is 11.3. The first-order valence-corrected chi connectivity index (χ1v) is 11.1. The van der Waals surface area contributed by atoms with E-state index in [0.717, 1.165) is 17.7 Å². The Morgan fingerprint density at radius 2 is 1.79 bits per heavy atom. The molecule has 1 saturated carbocycles. The van der Waals surface area contributed by atoms with Crippen LogP contribution in [0.3, 0.4) is 0 Å². The molecule has 0 N–H and O–H groups in total. The fraction of sp³-hybridized carbons (Fsp3) is 1.00. The van der Waals surface area contributed by atoms with E-state index in [2.05, 4.69) is 51.3 Å². The van der Waals surface area contributed by atoms with E-state index in [1.165, 1.54) is 51.9 Å². The predicted octanol–water partition coefficient (Wildman–Crippen LogP) is 4.47. The van der Waals surface area contributed by atoms with Crippen LogP contribution in [0.5, 0.6) is 0 Å². The van der Waals surface area contributed by atoms with Crippen LogP contribution >= 0.6 is 11.8 Å². The fourth-order valence-corrected chi connectivity index (χ4v) is 4.85. The molecule has 2 aliphatic rings. The second kappa shape index (κ2) is 9.25. The van der Waals surface area contributed by atoms with Crippen molar-refractivity contribution in [2.75, 3.05) is 31.9 Å². The summed E-state index contributed by atoms with van der Waals surface area (Å²) in [4.78, 5) is 5.38. The molecule has 3 nitrogen and oxygen atoms in total. The summed E-state index contributed by atoms with van der Waals surface area (Å²) >= 11 is 1.91. The number of piperidine rings is 1. The van der Waals surface area contributed by atoms with Crippen molar-refractivity contribution in [3.05, 3.63) is 0 Å². The molecule has 1 aliphatic carbocycles. The second-order valence-corrected chi connectivity index (χ2v) is 10.2. The molecule has 1 saturated heterocycles. The summed E-state index contributed by atoms with van der Waals surface area (Å²) in [6, 6.07) is 0.763. The normalized spacial score (nSPS) is 28.1. The quantitative estimate of drug-likeness (QED) is 0.596. The van der Waals surface area contributed by atoms with Crippen LogP contribution in [-0.4, -0.2) is 64.9 Å². The average Bonchev–Trinajstić information content (AvgIpc) is 2.48. The Bertz CT molecular complexity index is 357. The van der Waals surface area contributed by atoms with Crippen LogP contribution in [0.15, 0.2) is 0 Å². The predicted molar refractivity (Wildman–Crippen MR) is 107 cm³/mol. The lowest BCUT2D eigenvalue weighted by molar-refractivity contribution is -0.0606. The van der Waals surface area contributed by atoms with Gasteiger partial charge in [0.2, 0.25) is 0 Å². The van der Waals surface area contributed by atoms with E-state index in [9.17, 15) is 0 Å². The maximum atomic E-state index is 6.12. The molecular weight excluding hydrogens is 316 g/mol. The standard InChI is InChI=1S/C20H40N2OS/c1-7-21(18-13-19(14-18)23-16(3)24-8-2)15-17-9-11-22(12-10-17)20(4,5)6/h16-19H,7-15H2,1-6H3/t16?,18-,19-. The van der Waals surface area contributed by atoms with E-state index in [0.29, 0.717) is 17.1 Å². The van der Waals surface area contributed by atoms with Crippen molar-refractivity contribution in [2.45, 2.75) is 90.3 Å². The van der Waals surface area contributed by atoms with Gasteiger partial charge in [-0.05, 0) is 84.7 Å². The Kier molecular flexibility index (Phi) is 7.92. The van der Waals surface area contributed by atoms with Gasteiger partial charge in [-0.15, -0.1) is 11.8 Å². The summed E-state index contributed by atoms with van der Waals surface area (Å²) < 4.78 is 6.12. The van der Waals surface area contributed by atoms with E-state index in [-0.39, 0.29) is 0 Å². The zero-order valence-electron chi connectivity index (χ0n) is 16.9. The molecule has 0 amide bonds. The second-order valence-electron chi connectivity index (χ2n) is 8.60. The molecule has 0 bridgehead atoms. The van der Waals surface area contributed by atoms with Crippen molar-refractivity contribution >= 4 is 11.8 Å². The third-order valence-corrected chi connectivity index (χ3v) is 6.75. The molecule has 1 aliphatic heterocycles. The van der Waals surface area contributed by atoms with E-state index in [4.69, 9.17) is 4.74 Å². The molecule has 1 heterocycles. The summed E-state index contributed by atoms with van der Waals surface area (Å²) in [6.07, 6.45) is 5.71. The summed E-state index contributed by atoms with van der Waals surface area (Å²) in [6.45, 7) is 18.8. The SMILES string of the molecule is CCSC(C)O[C@H]1C[C@H](N(CC)CC2CCN(C(C)(C)C)CC2)C1. The number of hydrogen-bond acceptors (Lipinski definition) is 4. The Morgan fingerprint density at radius 1 is 1.17 bits per heavy atom. The van der Waals surface area contributed by atoms with Gasteiger partial charge in [0.15, 0.2) is 0 Å². The van der Waals surface area contributed by atoms with Crippen LogP contribution in [0, 0.1) is 5.92 Å². The smallest absolute Gasteiger partial charge is 0.100 e. The molecule has 142 valence electrons. The Labute approximate surface area is 154 Å². The topological polar surface area (TPSA) is 15.7 Å². The van der Waals surface area contributed by atoms with Crippen molar-refractivity contribution in [1.82, 2.24) is 9.80 Å². The van der Waals surface area contributed by atoms with Gasteiger partial charge in [0.1, 0.15) is 5.44 Å². The summed E-state index contributed by atoms with van der Waals surface area (Å²) in [5.41, 5.74) is 0.693. The van der Waals surface area contributed by atoms with Gasteiger partial charge in [-0.25, -0.2) is 0 Å².